The fourth-order valence-corrected chi connectivity index (χ4v) is 2.42. The van der Waals surface area contributed by atoms with E-state index in [1.54, 1.807) is 0 Å². The van der Waals surface area contributed by atoms with E-state index in [0.29, 0.717) is 17.8 Å². The van der Waals surface area contributed by atoms with Crippen molar-refractivity contribution in [1.82, 2.24) is 10.2 Å². The van der Waals surface area contributed by atoms with Crippen molar-refractivity contribution in [3.05, 3.63) is 0 Å². The van der Waals surface area contributed by atoms with Crippen molar-refractivity contribution in [3.8, 4) is 0 Å². The van der Waals surface area contributed by atoms with Gasteiger partial charge in [0.05, 0.1) is 0 Å². The summed E-state index contributed by atoms with van der Waals surface area (Å²) in [7, 11) is 2.13. The quantitative estimate of drug-likeness (QED) is 0.626. The third-order valence-corrected chi connectivity index (χ3v) is 3.03. The molecule has 2 fully saturated rings. The highest BCUT2D eigenvalue weighted by Crippen LogP contribution is 2.51. The summed E-state index contributed by atoms with van der Waals surface area (Å²) in [6.45, 7) is 4.98. The molecule has 12 heavy (non-hydrogen) atoms. The molecular formula is C9H16N2O. The van der Waals surface area contributed by atoms with Gasteiger partial charge in [0.2, 0.25) is 5.91 Å². The van der Waals surface area contributed by atoms with Crippen LogP contribution in [0.5, 0.6) is 0 Å². The summed E-state index contributed by atoms with van der Waals surface area (Å²) in [6, 6.07) is 0. The highest BCUT2D eigenvalue weighted by Gasteiger charge is 2.58. The molecule has 2 aliphatic rings. The van der Waals surface area contributed by atoms with Crippen molar-refractivity contribution in [2.45, 2.75) is 6.92 Å². The second-order valence-corrected chi connectivity index (χ2v) is 3.97. The lowest BCUT2D eigenvalue weighted by atomic mass is 10.2. The predicted molar refractivity (Wildman–Crippen MR) is 46.7 cm³/mol. The van der Waals surface area contributed by atoms with Crippen LogP contribution in [0, 0.1) is 17.8 Å². The number of likely N-dealkylation sites (tertiary alicyclic amines) is 1. The molecule has 0 aromatic rings. The van der Waals surface area contributed by atoms with Gasteiger partial charge in [0.1, 0.15) is 0 Å². The molecule has 68 valence electrons. The number of amides is 1. The summed E-state index contributed by atoms with van der Waals surface area (Å²) in [6.07, 6.45) is 0. The molecule has 1 saturated carbocycles. The number of nitrogens with one attached hydrogen (secondary N) is 1. The molecule has 2 atom stereocenters. The van der Waals surface area contributed by atoms with Gasteiger partial charge in [-0.25, -0.2) is 0 Å². The van der Waals surface area contributed by atoms with E-state index >= 15 is 0 Å². The molecule has 2 unspecified atom stereocenters. The molecule has 1 heterocycles. The summed E-state index contributed by atoms with van der Waals surface area (Å²) in [5, 5.41) is 2.89. The van der Waals surface area contributed by atoms with Crippen molar-refractivity contribution < 1.29 is 4.79 Å². The van der Waals surface area contributed by atoms with E-state index in [-0.39, 0.29) is 5.91 Å². The maximum Gasteiger partial charge on any atom is 0.223 e. The van der Waals surface area contributed by atoms with Gasteiger partial charge in [-0.2, -0.15) is 0 Å². The first kappa shape index (κ1) is 8.05. The lowest BCUT2D eigenvalue weighted by Gasteiger charge is -2.12. The van der Waals surface area contributed by atoms with E-state index in [2.05, 4.69) is 17.3 Å². The molecule has 0 bridgehead atoms. The third-order valence-electron chi connectivity index (χ3n) is 3.03. The molecule has 2 rings (SSSR count). The standard InChI is InChI=1S/C9H16N2O/c1-3-10-9(12)8-6-4-11(2)5-7(6)8/h6-8H,3-5H2,1-2H3,(H,10,12). The average Bonchev–Trinajstić information content (AvgIpc) is 2.51. The molecule has 1 aliphatic carbocycles. The zero-order valence-electron chi connectivity index (χ0n) is 7.71. The lowest BCUT2D eigenvalue weighted by Crippen LogP contribution is -2.30. The summed E-state index contributed by atoms with van der Waals surface area (Å²) in [5.74, 6) is 1.96. The molecule has 0 radical (unpaired) electrons. The minimum Gasteiger partial charge on any atom is -0.356 e. The van der Waals surface area contributed by atoms with Gasteiger partial charge in [-0.05, 0) is 25.8 Å². The number of carbonyl (C=O) groups excluding carboxylic acids is 1. The molecule has 3 heteroatoms. The highest BCUT2D eigenvalue weighted by atomic mass is 16.2. The van der Waals surface area contributed by atoms with Crippen molar-refractivity contribution in [3.63, 3.8) is 0 Å². The predicted octanol–water partition coefficient (Wildman–Crippen LogP) is -0.0699. The molecule has 1 aliphatic heterocycles. The summed E-state index contributed by atoms with van der Waals surface area (Å²) >= 11 is 0. The second-order valence-electron chi connectivity index (χ2n) is 3.97. The third kappa shape index (κ3) is 1.12. The number of fused-ring (bicyclic) bond motifs is 1. The van der Waals surface area contributed by atoms with Gasteiger partial charge in [0.15, 0.2) is 0 Å². The van der Waals surface area contributed by atoms with Crippen LogP contribution >= 0.6 is 0 Å². The first-order valence-electron chi connectivity index (χ1n) is 4.70. The minimum atomic E-state index is 0.278. The van der Waals surface area contributed by atoms with Gasteiger partial charge in [-0.1, -0.05) is 0 Å². The Kier molecular flexibility index (Phi) is 1.83. The average molecular weight is 168 g/mol. The van der Waals surface area contributed by atoms with E-state index < -0.39 is 0 Å². The van der Waals surface area contributed by atoms with Crippen molar-refractivity contribution in [2.75, 3.05) is 26.7 Å². The van der Waals surface area contributed by atoms with E-state index in [0.717, 1.165) is 19.6 Å². The van der Waals surface area contributed by atoms with E-state index in [1.165, 1.54) is 0 Å². The van der Waals surface area contributed by atoms with Crippen molar-refractivity contribution in [2.24, 2.45) is 17.8 Å². The summed E-state index contributed by atoms with van der Waals surface area (Å²) < 4.78 is 0. The zero-order chi connectivity index (χ0) is 8.72. The van der Waals surface area contributed by atoms with Gasteiger partial charge in [-0.3, -0.25) is 4.79 Å². The summed E-state index contributed by atoms with van der Waals surface area (Å²) in [5.41, 5.74) is 0. The van der Waals surface area contributed by atoms with Crippen molar-refractivity contribution >= 4 is 5.91 Å². The van der Waals surface area contributed by atoms with Crippen LogP contribution in [-0.2, 0) is 4.79 Å². The Balaban J connectivity index is 1.85. The normalized spacial score (nSPS) is 39.3. The number of carbonyl (C=O) groups is 1. The number of hydrogen-bond donors (Lipinski definition) is 1. The van der Waals surface area contributed by atoms with Crippen LogP contribution in [-0.4, -0.2) is 37.5 Å². The van der Waals surface area contributed by atoms with Gasteiger partial charge in [0.25, 0.3) is 0 Å². The van der Waals surface area contributed by atoms with Crippen LogP contribution < -0.4 is 5.32 Å². The maximum atomic E-state index is 11.4. The summed E-state index contributed by atoms with van der Waals surface area (Å²) in [4.78, 5) is 13.7. The van der Waals surface area contributed by atoms with Gasteiger partial charge < -0.3 is 10.2 Å². The Bertz CT molecular complexity index is 193. The topological polar surface area (TPSA) is 32.3 Å². The molecule has 3 nitrogen and oxygen atoms in total. The molecule has 1 saturated heterocycles. The first-order valence-corrected chi connectivity index (χ1v) is 4.70. The SMILES string of the molecule is CCNC(=O)C1C2CN(C)CC21. The number of rotatable bonds is 2. The fraction of sp³-hybridized carbons (Fsp3) is 0.889. The monoisotopic (exact) mass is 168 g/mol. The Morgan fingerprint density at radius 2 is 2.08 bits per heavy atom. The fourth-order valence-electron chi connectivity index (χ4n) is 2.42. The first-order chi connectivity index (χ1) is 5.74. The minimum absolute atomic E-state index is 0.278. The van der Waals surface area contributed by atoms with E-state index in [4.69, 9.17) is 0 Å². The smallest absolute Gasteiger partial charge is 0.223 e. The molecule has 0 aromatic carbocycles. The lowest BCUT2D eigenvalue weighted by molar-refractivity contribution is -0.123. The number of piperidine rings is 1. The van der Waals surface area contributed by atoms with Gasteiger partial charge >= 0.3 is 0 Å². The Labute approximate surface area is 73.1 Å². The van der Waals surface area contributed by atoms with Crippen LogP contribution in [0.2, 0.25) is 0 Å². The van der Waals surface area contributed by atoms with E-state index in [1.807, 2.05) is 6.92 Å². The number of hydrogen-bond acceptors (Lipinski definition) is 2. The van der Waals surface area contributed by atoms with Crippen LogP contribution in [0.25, 0.3) is 0 Å². The maximum absolute atomic E-state index is 11.4. The van der Waals surface area contributed by atoms with Crippen molar-refractivity contribution in [1.29, 1.82) is 0 Å². The van der Waals surface area contributed by atoms with Gasteiger partial charge in [-0.15, -0.1) is 0 Å². The highest BCUT2D eigenvalue weighted by molar-refractivity contribution is 5.82. The Hall–Kier alpha value is -0.570. The van der Waals surface area contributed by atoms with Crippen LogP contribution in [0.15, 0.2) is 0 Å². The Morgan fingerprint density at radius 3 is 2.58 bits per heavy atom. The zero-order valence-corrected chi connectivity index (χ0v) is 7.71. The largest absolute Gasteiger partial charge is 0.356 e. The molecule has 0 spiro atoms. The second kappa shape index (κ2) is 2.73. The molecule has 0 aromatic heterocycles. The van der Waals surface area contributed by atoms with Crippen LogP contribution in [0.3, 0.4) is 0 Å². The molecular weight excluding hydrogens is 152 g/mol. The Morgan fingerprint density at radius 1 is 1.50 bits per heavy atom. The van der Waals surface area contributed by atoms with Crippen LogP contribution in [0.1, 0.15) is 6.92 Å². The number of nitrogens with zero attached hydrogens (tertiary/aromatic N) is 1. The molecule has 1 N–H and O–H groups in total. The van der Waals surface area contributed by atoms with Gasteiger partial charge in [0, 0.05) is 25.6 Å². The molecule has 1 amide bonds. The van der Waals surface area contributed by atoms with Crippen LogP contribution in [0.4, 0.5) is 0 Å². The van der Waals surface area contributed by atoms with E-state index in [9.17, 15) is 4.79 Å².